The Balaban J connectivity index is 2.85. The summed E-state index contributed by atoms with van der Waals surface area (Å²) in [7, 11) is -1.50. The first kappa shape index (κ1) is 14.0. The molecule has 1 rings (SSSR count). The normalized spacial score (nSPS) is 10.7. The molecule has 0 saturated heterocycles. The number of hydrogen-bond donors (Lipinski definition) is 2. The summed E-state index contributed by atoms with van der Waals surface area (Å²) in [5.74, 6) is -0.284. The predicted molar refractivity (Wildman–Crippen MR) is 72.3 cm³/mol. The molecule has 0 radical (unpaired) electrons. The molecule has 0 aliphatic heterocycles. The Kier molecular flexibility index (Phi) is 5.23. The van der Waals surface area contributed by atoms with Crippen molar-refractivity contribution in [3.05, 3.63) is 33.1 Å². The molecule has 0 aliphatic rings. The number of hydrogen-bond acceptors (Lipinski definition) is 3. The van der Waals surface area contributed by atoms with Gasteiger partial charge in [0, 0.05) is 10.1 Å². The van der Waals surface area contributed by atoms with E-state index in [4.69, 9.17) is 0 Å². The minimum absolute atomic E-state index is 0.284. The van der Waals surface area contributed by atoms with Crippen molar-refractivity contribution < 1.29 is 14.4 Å². The molecule has 7 heteroatoms. The van der Waals surface area contributed by atoms with Gasteiger partial charge in [0.2, 0.25) is 0 Å². The lowest BCUT2D eigenvalue weighted by molar-refractivity contribution is 0.420. The molecule has 2 N–H and O–H groups in total. The first-order chi connectivity index (χ1) is 7.41. The third-order valence-electron chi connectivity index (χ3n) is 2.33. The zero-order valence-corrected chi connectivity index (χ0v) is 11.3. The Morgan fingerprint density at radius 1 is 1.31 bits per heavy atom. The molecule has 1 aromatic rings. The first-order valence-electron chi connectivity index (χ1n) is 4.97. The van der Waals surface area contributed by atoms with Crippen molar-refractivity contribution in [3.63, 3.8) is 0 Å². The number of halogens is 2. The molecule has 0 aliphatic carbocycles. The molecule has 1 aromatic carbocycles. The van der Waals surface area contributed by atoms with Crippen molar-refractivity contribution in [3.8, 4) is 0 Å². The fourth-order valence-corrected chi connectivity index (χ4v) is 2.07. The fraction of sp³-hybridized carbons (Fsp3) is 0.333. The van der Waals surface area contributed by atoms with Crippen LogP contribution in [-0.4, -0.2) is 28.9 Å². The standard InChI is InChI=1S/C9H13B2FINO2/c1-10(15)14(11(2)16)6-7-3-4-8(12)5-9(7)13/h3-5,15-16H,6H2,1-2H3. The van der Waals surface area contributed by atoms with Crippen LogP contribution in [0, 0.1) is 9.39 Å². The van der Waals surface area contributed by atoms with E-state index in [-0.39, 0.29) is 5.82 Å². The number of nitrogens with zero attached hydrogens (tertiary/aromatic N) is 1. The van der Waals surface area contributed by atoms with Crippen LogP contribution in [0.25, 0.3) is 0 Å². The maximum Gasteiger partial charge on any atom is 0.367 e. The van der Waals surface area contributed by atoms with E-state index in [0.29, 0.717) is 6.54 Å². The highest BCUT2D eigenvalue weighted by Gasteiger charge is 2.24. The summed E-state index contributed by atoms with van der Waals surface area (Å²) in [5.41, 5.74) is 0.879. The van der Waals surface area contributed by atoms with E-state index in [2.05, 4.69) is 0 Å². The number of rotatable bonds is 4. The zero-order chi connectivity index (χ0) is 12.3. The van der Waals surface area contributed by atoms with Gasteiger partial charge < -0.3 is 14.8 Å². The van der Waals surface area contributed by atoms with Crippen molar-refractivity contribution in [1.29, 1.82) is 0 Å². The van der Waals surface area contributed by atoms with Crippen LogP contribution < -0.4 is 0 Å². The van der Waals surface area contributed by atoms with Crippen molar-refractivity contribution >= 4 is 36.7 Å². The average Bonchev–Trinajstić information content (AvgIpc) is 2.15. The quantitative estimate of drug-likeness (QED) is 0.647. The topological polar surface area (TPSA) is 43.7 Å². The maximum atomic E-state index is 12.9. The Labute approximate surface area is 109 Å². The van der Waals surface area contributed by atoms with Crippen LogP contribution >= 0.6 is 22.6 Å². The third kappa shape index (κ3) is 3.73. The smallest absolute Gasteiger partial charge is 0.367 e. The van der Waals surface area contributed by atoms with Gasteiger partial charge in [-0.25, -0.2) is 4.39 Å². The van der Waals surface area contributed by atoms with E-state index in [1.54, 1.807) is 19.7 Å². The van der Waals surface area contributed by atoms with Crippen LogP contribution in [0.15, 0.2) is 18.2 Å². The predicted octanol–water partition coefficient (Wildman–Crippen LogP) is 1.45. The van der Waals surface area contributed by atoms with Gasteiger partial charge in [-0.05, 0) is 53.9 Å². The molecule has 0 aromatic heterocycles. The minimum atomic E-state index is -0.749. The molecular formula is C9H13B2FINO2. The van der Waals surface area contributed by atoms with Crippen molar-refractivity contribution in [2.24, 2.45) is 0 Å². The lowest BCUT2D eigenvalue weighted by atomic mass is 9.69. The first-order valence-corrected chi connectivity index (χ1v) is 6.05. The Bertz CT molecular complexity index is 357. The molecule has 0 unspecified atom stereocenters. The molecule has 0 spiro atoms. The summed E-state index contributed by atoms with van der Waals surface area (Å²) in [6, 6.07) is 4.47. The summed E-state index contributed by atoms with van der Waals surface area (Å²) in [6.45, 7) is 3.56. The molecule has 3 nitrogen and oxygen atoms in total. The van der Waals surface area contributed by atoms with E-state index in [9.17, 15) is 14.4 Å². The van der Waals surface area contributed by atoms with Gasteiger partial charge in [0.15, 0.2) is 0 Å². The zero-order valence-electron chi connectivity index (χ0n) is 9.19. The summed E-state index contributed by atoms with van der Waals surface area (Å²) >= 11 is 2.04. The second-order valence-electron chi connectivity index (χ2n) is 3.67. The van der Waals surface area contributed by atoms with Gasteiger partial charge in [-0.1, -0.05) is 6.07 Å². The highest BCUT2D eigenvalue weighted by Crippen LogP contribution is 2.16. The average molecular weight is 335 g/mol. The van der Waals surface area contributed by atoms with Crippen LogP contribution in [0.3, 0.4) is 0 Å². The van der Waals surface area contributed by atoms with Crippen molar-refractivity contribution in [2.75, 3.05) is 0 Å². The fourth-order valence-electron chi connectivity index (χ4n) is 1.42. The van der Waals surface area contributed by atoms with Gasteiger partial charge in [0.05, 0.1) is 0 Å². The molecule has 16 heavy (non-hydrogen) atoms. The Morgan fingerprint density at radius 3 is 2.31 bits per heavy atom. The van der Waals surface area contributed by atoms with E-state index in [0.717, 1.165) is 9.13 Å². The van der Waals surface area contributed by atoms with Gasteiger partial charge in [0.25, 0.3) is 0 Å². The Morgan fingerprint density at radius 2 is 1.88 bits per heavy atom. The van der Waals surface area contributed by atoms with E-state index in [1.165, 1.54) is 16.9 Å². The van der Waals surface area contributed by atoms with E-state index in [1.807, 2.05) is 22.6 Å². The van der Waals surface area contributed by atoms with Crippen molar-refractivity contribution in [1.82, 2.24) is 4.72 Å². The SMILES string of the molecule is CB(O)N(Cc1ccc(F)cc1I)B(C)O. The second-order valence-corrected chi connectivity index (χ2v) is 4.83. The number of benzene rings is 1. The summed E-state index contributed by atoms with van der Waals surface area (Å²) in [4.78, 5) is 0. The lowest BCUT2D eigenvalue weighted by Crippen LogP contribution is -2.46. The molecule has 0 heterocycles. The van der Waals surface area contributed by atoms with E-state index >= 15 is 0 Å². The lowest BCUT2D eigenvalue weighted by Gasteiger charge is -2.24. The van der Waals surface area contributed by atoms with Gasteiger partial charge in [0.1, 0.15) is 5.82 Å². The van der Waals surface area contributed by atoms with Gasteiger partial charge in [-0.3, -0.25) is 0 Å². The van der Waals surface area contributed by atoms with Crippen LogP contribution in [0.4, 0.5) is 4.39 Å². The summed E-state index contributed by atoms with van der Waals surface area (Å²) < 4.78 is 15.2. The molecule has 86 valence electrons. The van der Waals surface area contributed by atoms with E-state index < -0.39 is 14.1 Å². The second kappa shape index (κ2) is 6.00. The van der Waals surface area contributed by atoms with Crippen LogP contribution in [0.1, 0.15) is 5.56 Å². The third-order valence-corrected chi connectivity index (χ3v) is 3.33. The van der Waals surface area contributed by atoms with Gasteiger partial charge >= 0.3 is 14.1 Å². The molecule has 0 saturated carbocycles. The van der Waals surface area contributed by atoms with Gasteiger partial charge in [-0.15, -0.1) is 0 Å². The molecule has 0 atom stereocenters. The Hall–Kier alpha value is -0.110. The summed E-state index contributed by atoms with van der Waals surface area (Å²) in [5, 5.41) is 19.0. The van der Waals surface area contributed by atoms with Crippen molar-refractivity contribution in [2.45, 2.75) is 20.2 Å². The maximum absolute atomic E-state index is 12.9. The molecule has 0 fully saturated rings. The summed E-state index contributed by atoms with van der Waals surface area (Å²) in [6.07, 6.45) is 0. The highest BCUT2D eigenvalue weighted by molar-refractivity contribution is 14.1. The van der Waals surface area contributed by atoms with Crippen LogP contribution in [-0.2, 0) is 6.54 Å². The molecule has 0 bridgehead atoms. The largest absolute Gasteiger partial charge is 0.438 e. The minimum Gasteiger partial charge on any atom is -0.438 e. The van der Waals surface area contributed by atoms with Gasteiger partial charge in [-0.2, -0.15) is 0 Å². The monoisotopic (exact) mass is 335 g/mol. The van der Waals surface area contributed by atoms with Crippen LogP contribution in [0.2, 0.25) is 13.6 Å². The molecule has 0 amide bonds. The highest BCUT2D eigenvalue weighted by atomic mass is 127. The molecular weight excluding hydrogens is 322 g/mol. The van der Waals surface area contributed by atoms with Crippen LogP contribution in [0.5, 0.6) is 0 Å².